The number of ketones is 2. The number of fused-ring (bicyclic) bond motifs is 3. The fraction of sp³-hybridized carbons (Fsp3) is 0.353. The van der Waals surface area contributed by atoms with Gasteiger partial charge in [0.1, 0.15) is 22.8 Å². The van der Waals surface area contributed by atoms with E-state index in [-0.39, 0.29) is 58.5 Å². The summed E-state index contributed by atoms with van der Waals surface area (Å²) in [6, 6.07) is 9.80. The molecule has 48 heavy (non-hydrogen) atoms. The van der Waals surface area contributed by atoms with E-state index in [0.29, 0.717) is 5.02 Å². The highest BCUT2D eigenvalue weighted by atomic mass is 35.5. The lowest BCUT2D eigenvalue weighted by Gasteiger charge is -2.42. The van der Waals surface area contributed by atoms with Gasteiger partial charge in [-0.1, -0.05) is 23.7 Å². The van der Waals surface area contributed by atoms with E-state index in [0.717, 1.165) is 0 Å². The van der Waals surface area contributed by atoms with Crippen LogP contribution in [0.3, 0.4) is 0 Å². The second-order valence-corrected chi connectivity index (χ2v) is 12.7. The van der Waals surface area contributed by atoms with Crippen LogP contribution in [0, 0.1) is 0 Å². The topological polar surface area (TPSA) is 210 Å². The van der Waals surface area contributed by atoms with Gasteiger partial charge in [0.05, 0.1) is 47.8 Å². The molecule has 1 heterocycles. The van der Waals surface area contributed by atoms with Crippen LogP contribution in [0.4, 0.5) is 0 Å². The van der Waals surface area contributed by atoms with Crippen LogP contribution in [0.25, 0.3) is 0 Å². The minimum absolute atomic E-state index is 0.0169. The first-order valence-electron chi connectivity index (χ1n) is 15.2. The lowest BCUT2D eigenvalue weighted by atomic mass is 9.71. The van der Waals surface area contributed by atoms with Crippen LogP contribution in [0.5, 0.6) is 17.2 Å². The molecule has 0 aromatic heterocycles. The Labute approximate surface area is 279 Å². The number of hydrogen-bond acceptors (Lipinski definition) is 12. The first-order valence-corrected chi connectivity index (χ1v) is 15.6. The summed E-state index contributed by atoms with van der Waals surface area (Å²) >= 11 is 5.92. The molecule has 2 aliphatic carbocycles. The minimum atomic E-state index is -1.91. The number of phenols is 2. The summed E-state index contributed by atoms with van der Waals surface area (Å²) < 4.78 is 17.5. The molecule has 0 spiro atoms. The van der Waals surface area contributed by atoms with Gasteiger partial charge in [0.2, 0.25) is 5.78 Å². The highest BCUT2D eigenvalue weighted by molar-refractivity contribution is 6.31. The number of carbonyl (C=O) groups is 3. The predicted octanol–water partition coefficient (Wildman–Crippen LogP) is 2.90. The zero-order valence-electron chi connectivity index (χ0n) is 26.2. The van der Waals surface area contributed by atoms with Crippen LogP contribution in [-0.2, 0) is 15.9 Å². The molecule has 0 radical (unpaired) electrons. The van der Waals surface area contributed by atoms with Gasteiger partial charge in [-0.3, -0.25) is 14.4 Å². The summed E-state index contributed by atoms with van der Waals surface area (Å²) in [5, 5.41) is 50.4. The number of halogens is 1. The second-order valence-electron chi connectivity index (χ2n) is 12.2. The van der Waals surface area contributed by atoms with Crippen molar-refractivity contribution in [2.75, 3.05) is 7.11 Å². The molecule has 0 saturated carbocycles. The molecule has 1 saturated heterocycles. The average Bonchev–Trinajstić information content (AvgIpc) is 3.06. The predicted molar refractivity (Wildman–Crippen MR) is 172 cm³/mol. The smallest absolute Gasteiger partial charge is 0.271 e. The summed E-state index contributed by atoms with van der Waals surface area (Å²) in [5.41, 5.74) is 5.83. The van der Waals surface area contributed by atoms with Crippen molar-refractivity contribution in [3.05, 3.63) is 86.4 Å². The molecule has 4 unspecified atom stereocenters. The van der Waals surface area contributed by atoms with Crippen LogP contribution in [0.1, 0.15) is 86.1 Å². The van der Waals surface area contributed by atoms with Crippen LogP contribution in [-0.4, -0.2) is 80.9 Å². The number of rotatable bonds is 6. The van der Waals surface area contributed by atoms with E-state index in [1.54, 1.807) is 6.92 Å². The summed E-state index contributed by atoms with van der Waals surface area (Å²) in [6.45, 7) is 3.07. The van der Waals surface area contributed by atoms with Gasteiger partial charge in [0, 0.05) is 52.6 Å². The number of phenolic OH excluding ortho intramolecular Hbond substituents is 2. The maximum absolute atomic E-state index is 13.9. The fourth-order valence-electron chi connectivity index (χ4n) is 6.57. The zero-order valence-corrected chi connectivity index (χ0v) is 26.9. The summed E-state index contributed by atoms with van der Waals surface area (Å²) in [4.78, 5) is 40.5. The maximum Gasteiger partial charge on any atom is 0.271 e. The Morgan fingerprint density at radius 1 is 1.08 bits per heavy atom. The van der Waals surface area contributed by atoms with E-state index in [2.05, 4.69) is 10.5 Å². The molecule has 3 aromatic rings. The maximum atomic E-state index is 13.9. The van der Waals surface area contributed by atoms with Gasteiger partial charge in [-0.25, -0.2) is 5.43 Å². The number of nitrogens with zero attached hydrogens (tertiary/aromatic N) is 1. The molecular weight excluding hydrogens is 646 g/mol. The Balaban J connectivity index is 1.44. The van der Waals surface area contributed by atoms with Crippen molar-refractivity contribution in [2.45, 2.75) is 69.4 Å². The van der Waals surface area contributed by atoms with Crippen LogP contribution in [0.2, 0.25) is 5.02 Å². The molecule has 1 fully saturated rings. The molecule has 6 rings (SSSR count). The number of benzene rings is 3. The van der Waals surface area contributed by atoms with Crippen molar-refractivity contribution in [1.29, 1.82) is 0 Å². The van der Waals surface area contributed by atoms with Gasteiger partial charge in [-0.15, -0.1) is 0 Å². The summed E-state index contributed by atoms with van der Waals surface area (Å²) in [7, 11) is 1.34. The van der Waals surface area contributed by atoms with Gasteiger partial charge in [0.15, 0.2) is 12.1 Å². The van der Waals surface area contributed by atoms with Crippen molar-refractivity contribution in [3.63, 3.8) is 0 Å². The average molecular weight is 680 g/mol. The van der Waals surface area contributed by atoms with E-state index < -0.39 is 76.3 Å². The quantitative estimate of drug-likeness (QED) is 0.0991. The number of hydrazone groups is 1. The third-order valence-corrected chi connectivity index (χ3v) is 9.50. The number of methoxy groups -OCH3 is 1. The Bertz CT molecular complexity index is 1850. The number of hydrogen-bond donors (Lipinski definition) is 6. The molecule has 14 heteroatoms. The van der Waals surface area contributed by atoms with Crippen molar-refractivity contribution < 1.29 is 49.0 Å². The van der Waals surface area contributed by atoms with Crippen molar-refractivity contribution in [1.82, 2.24) is 5.43 Å². The van der Waals surface area contributed by atoms with Crippen LogP contribution < -0.4 is 15.9 Å². The van der Waals surface area contributed by atoms with Crippen LogP contribution >= 0.6 is 11.6 Å². The number of aliphatic hydroxyl groups is 2. The highest BCUT2D eigenvalue weighted by Gasteiger charge is 2.49. The molecule has 7 N–H and O–H groups in total. The molecule has 3 aliphatic rings. The molecule has 6 atom stereocenters. The normalized spacial score (nSPS) is 26.7. The SMILES string of the molecule is COc1cccc2c1C(=O)c1c(O)c3c(c(O)c1C2=O)C[C@@](O)(C(C)=NNC(=O)c1ccc(Cl)cc1)C[C@@H]3OC1CC(N)C(O)C(C)O1. The van der Waals surface area contributed by atoms with Crippen molar-refractivity contribution >= 4 is 34.8 Å². The van der Waals surface area contributed by atoms with Gasteiger partial charge in [-0.2, -0.15) is 5.10 Å². The van der Waals surface area contributed by atoms with Gasteiger partial charge in [0.25, 0.3) is 5.91 Å². The van der Waals surface area contributed by atoms with E-state index >= 15 is 0 Å². The first kappa shape index (κ1) is 33.5. The Morgan fingerprint density at radius 2 is 1.77 bits per heavy atom. The Morgan fingerprint density at radius 3 is 2.44 bits per heavy atom. The van der Waals surface area contributed by atoms with Crippen molar-refractivity contribution in [2.24, 2.45) is 10.8 Å². The van der Waals surface area contributed by atoms with Crippen LogP contribution in [0.15, 0.2) is 47.6 Å². The first-order chi connectivity index (χ1) is 22.7. The summed E-state index contributed by atoms with van der Waals surface area (Å²) in [6.07, 6.45) is -4.60. The Hall–Kier alpha value is -4.37. The number of nitrogens with two attached hydrogens (primary N) is 1. The molecule has 1 aliphatic heterocycles. The molecular formula is C34H34ClN3O10. The number of aliphatic hydroxyl groups excluding tert-OH is 1. The minimum Gasteiger partial charge on any atom is -0.507 e. The molecule has 1 amide bonds. The number of amides is 1. The number of ether oxygens (including phenoxy) is 3. The fourth-order valence-corrected chi connectivity index (χ4v) is 6.70. The molecule has 252 valence electrons. The second kappa shape index (κ2) is 12.6. The highest BCUT2D eigenvalue weighted by Crippen LogP contribution is 2.52. The van der Waals surface area contributed by atoms with Gasteiger partial charge < -0.3 is 40.4 Å². The van der Waals surface area contributed by atoms with Gasteiger partial charge >= 0.3 is 0 Å². The third kappa shape index (κ3) is 5.62. The van der Waals surface area contributed by atoms with E-state index in [1.807, 2.05) is 0 Å². The molecule has 13 nitrogen and oxygen atoms in total. The van der Waals surface area contributed by atoms with E-state index in [9.17, 15) is 34.8 Å². The Kier molecular flexibility index (Phi) is 8.79. The van der Waals surface area contributed by atoms with Gasteiger partial charge in [-0.05, 0) is 44.2 Å². The lowest BCUT2D eigenvalue weighted by Crippen LogP contribution is -2.52. The largest absolute Gasteiger partial charge is 0.507 e. The lowest BCUT2D eigenvalue weighted by molar-refractivity contribution is -0.245. The molecule has 3 aromatic carbocycles. The monoisotopic (exact) mass is 679 g/mol. The van der Waals surface area contributed by atoms with Crippen molar-refractivity contribution in [3.8, 4) is 17.2 Å². The standard InChI is InChI=1S/C34H34ClN3O10/c1-14-28(39)20(36)11-23(47-14)48-22-13-34(45,15(2)37-38-33(44)16-7-9-17(35)10-8-16)12-19-25(22)32(43)27-26(30(19)41)29(40)18-5-4-6-21(46-3)24(18)31(27)42/h4-10,14,20,22-23,28,39,41,43,45H,11-13,36H2,1-3H3,(H,38,44)/t14?,20?,22-,23?,28?,34-/m0/s1. The molecule has 0 bridgehead atoms. The third-order valence-electron chi connectivity index (χ3n) is 9.25. The number of aromatic hydroxyl groups is 2. The zero-order chi connectivity index (χ0) is 34.7. The number of carbonyl (C=O) groups excluding carboxylic acids is 3. The summed E-state index contributed by atoms with van der Waals surface area (Å²) in [5.74, 6) is -3.19. The number of nitrogens with one attached hydrogen (secondary N) is 1. The van der Waals surface area contributed by atoms with E-state index in [1.165, 1.54) is 56.5 Å². The van der Waals surface area contributed by atoms with E-state index in [4.69, 9.17) is 31.5 Å².